The summed E-state index contributed by atoms with van der Waals surface area (Å²) in [6, 6.07) is 4.18. The molecule has 0 radical (unpaired) electrons. The van der Waals surface area contributed by atoms with E-state index < -0.39 is 17.2 Å². The molecule has 1 aromatic carbocycles. The zero-order valence-corrected chi connectivity index (χ0v) is 8.50. The van der Waals surface area contributed by atoms with Gasteiger partial charge in [0.25, 0.3) is 0 Å². The Hall–Kier alpha value is -1.04. The van der Waals surface area contributed by atoms with Gasteiger partial charge >= 0.3 is 0 Å². The lowest BCUT2D eigenvalue weighted by Gasteiger charge is -2.26. The normalized spacial score (nSPS) is 33.0. The predicted octanol–water partition coefficient (Wildman–Crippen LogP) is 1.34. The van der Waals surface area contributed by atoms with Gasteiger partial charge in [-0.1, -0.05) is 12.1 Å². The molecule has 1 N–H and O–H groups in total. The Morgan fingerprint density at radius 1 is 1.31 bits per heavy atom. The van der Waals surface area contributed by atoms with Gasteiger partial charge in [0.15, 0.2) is 11.6 Å². The van der Waals surface area contributed by atoms with Crippen molar-refractivity contribution in [1.29, 1.82) is 0 Å². The lowest BCUT2D eigenvalue weighted by Crippen LogP contribution is -2.42. The van der Waals surface area contributed by atoms with Crippen molar-refractivity contribution in [3.05, 3.63) is 35.4 Å². The largest absolute Gasteiger partial charge is 0.379 e. The molecule has 2 atom stereocenters. The highest BCUT2D eigenvalue weighted by molar-refractivity contribution is 5.30. The number of fused-ring (bicyclic) bond motifs is 1. The molecule has 2 aliphatic heterocycles. The molecule has 0 aliphatic carbocycles. The quantitative estimate of drug-likeness (QED) is 0.785. The van der Waals surface area contributed by atoms with Crippen molar-refractivity contribution >= 4 is 0 Å². The minimum Gasteiger partial charge on any atom is -0.379 e. The van der Waals surface area contributed by atoms with Crippen molar-refractivity contribution in [2.24, 2.45) is 5.92 Å². The molecule has 16 heavy (non-hydrogen) atoms. The minimum atomic E-state index is -0.841. The lowest BCUT2D eigenvalue weighted by atomic mass is 9.82. The monoisotopic (exact) mass is 227 g/mol. The van der Waals surface area contributed by atoms with E-state index in [9.17, 15) is 8.78 Å². The first-order valence-corrected chi connectivity index (χ1v) is 5.15. The molecule has 2 fully saturated rings. The number of hydrogen-bond donors (Lipinski definition) is 1. The van der Waals surface area contributed by atoms with Crippen LogP contribution in [-0.4, -0.2) is 19.8 Å². The molecule has 0 aromatic heterocycles. The Bertz CT molecular complexity index is 414. The predicted molar refractivity (Wildman–Crippen MR) is 51.4 cm³/mol. The number of nitrogens with one attached hydrogen (secondary N) is 1. The van der Waals surface area contributed by atoms with Crippen molar-refractivity contribution in [2.45, 2.75) is 5.54 Å². The fourth-order valence-electron chi connectivity index (χ4n) is 2.40. The summed E-state index contributed by atoms with van der Waals surface area (Å²) in [5.41, 5.74) is 2.34. The van der Waals surface area contributed by atoms with Crippen LogP contribution in [0.4, 0.5) is 8.78 Å². The van der Waals surface area contributed by atoms with E-state index in [2.05, 4.69) is 5.48 Å². The van der Waals surface area contributed by atoms with Crippen LogP contribution in [0.1, 0.15) is 5.56 Å². The van der Waals surface area contributed by atoms with Gasteiger partial charge in [-0.3, -0.25) is 0 Å². The molecular weight excluding hydrogens is 216 g/mol. The van der Waals surface area contributed by atoms with Crippen LogP contribution < -0.4 is 5.48 Å². The van der Waals surface area contributed by atoms with Crippen molar-refractivity contribution < 1.29 is 18.4 Å². The van der Waals surface area contributed by atoms with Crippen LogP contribution in [0.15, 0.2) is 18.2 Å². The van der Waals surface area contributed by atoms with Gasteiger partial charge in [0.1, 0.15) is 5.54 Å². The van der Waals surface area contributed by atoms with Gasteiger partial charge in [-0.2, -0.15) is 5.48 Å². The highest BCUT2D eigenvalue weighted by Crippen LogP contribution is 2.40. The summed E-state index contributed by atoms with van der Waals surface area (Å²) in [5, 5.41) is 0. The van der Waals surface area contributed by atoms with Crippen molar-refractivity contribution in [3.8, 4) is 0 Å². The van der Waals surface area contributed by atoms with Crippen LogP contribution in [-0.2, 0) is 15.1 Å². The van der Waals surface area contributed by atoms with Gasteiger partial charge in [0.05, 0.1) is 19.8 Å². The second-order valence-corrected chi connectivity index (χ2v) is 4.20. The summed E-state index contributed by atoms with van der Waals surface area (Å²) in [4.78, 5) is 5.15. The standard InChI is InChI=1S/C11H11F2NO2/c12-9-3-1-2-8(10(9)13)11-6-15-4-7(11)5-16-14-11/h1-3,7,14H,4-6H2/t7-,11-/m1/s1. The summed E-state index contributed by atoms with van der Waals surface area (Å²) in [6.45, 7) is 1.26. The third-order valence-corrected chi connectivity index (χ3v) is 3.32. The molecule has 5 heteroatoms. The summed E-state index contributed by atoms with van der Waals surface area (Å²) in [7, 11) is 0. The van der Waals surface area contributed by atoms with E-state index in [0.29, 0.717) is 19.8 Å². The maximum absolute atomic E-state index is 13.8. The fraction of sp³-hybridized carbons (Fsp3) is 0.455. The zero-order chi connectivity index (χ0) is 11.2. The topological polar surface area (TPSA) is 30.5 Å². The molecular formula is C11H11F2NO2. The van der Waals surface area contributed by atoms with Crippen LogP contribution >= 0.6 is 0 Å². The molecule has 2 heterocycles. The van der Waals surface area contributed by atoms with Crippen LogP contribution in [0.3, 0.4) is 0 Å². The molecule has 0 spiro atoms. The fourth-order valence-corrected chi connectivity index (χ4v) is 2.40. The highest BCUT2D eigenvalue weighted by Gasteiger charge is 2.51. The van der Waals surface area contributed by atoms with Crippen LogP contribution in [0.2, 0.25) is 0 Å². The van der Waals surface area contributed by atoms with Gasteiger partial charge in [0.2, 0.25) is 0 Å². The Morgan fingerprint density at radius 2 is 2.19 bits per heavy atom. The van der Waals surface area contributed by atoms with Gasteiger partial charge in [0, 0.05) is 11.5 Å². The van der Waals surface area contributed by atoms with E-state index in [4.69, 9.17) is 9.57 Å². The third kappa shape index (κ3) is 1.22. The van der Waals surface area contributed by atoms with Crippen LogP contribution in [0.25, 0.3) is 0 Å². The maximum atomic E-state index is 13.8. The molecule has 1 aromatic rings. The van der Waals surface area contributed by atoms with Gasteiger partial charge in [-0.05, 0) is 6.07 Å². The number of hydroxylamine groups is 1. The molecule has 0 saturated carbocycles. The molecule has 0 amide bonds. The minimum absolute atomic E-state index is 0.0313. The first-order valence-electron chi connectivity index (χ1n) is 5.15. The molecule has 3 rings (SSSR count). The molecule has 2 saturated heterocycles. The van der Waals surface area contributed by atoms with E-state index >= 15 is 0 Å². The molecule has 0 bridgehead atoms. The van der Waals surface area contributed by atoms with Gasteiger partial charge in [-0.25, -0.2) is 8.78 Å². The maximum Gasteiger partial charge on any atom is 0.164 e. The van der Waals surface area contributed by atoms with Crippen LogP contribution in [0, 0.1) is 17.6 Å². The summed E-state index contributed by atoms with van der Waals surface area (Å²) in [6.07, 6.45) is 0. The highest BCUT2D eigenvalue weighted by atomic mass is 19.2. The first-order chi connectivity index (χ1) is 7.74. The van der Waals surface area contributed by atoms with Crippen molar-refractivity contribution in [3.63, 3.8) is 0 Å². The molecule has 3 nitrogen and oxygen atoms in total. The molecule has 2 aliphatic rings. The van der Waals surface area contributed by atoms with E-state index in [0.717, 1.165) is 6.07 Å². The molecule has 86 valence electrons. The lowest BCUT2D eigenvalue weighted by molar-refractivity contribution is 0.0240. The smallest absolute Gasteiger partial charge is 0.164 e. The Balaban J connectivity index is 2.11. The van der Waals surface area contributed by atoms with Crippen molar-refractivity contribution in [1.82, 2.24) is 5.48 Å². The Labute approximate surface area is 91.3 Å². The number of rotatable bonds is 1. The van der Waals surface area contributed by atoms with Crippen LogP contribution in [0.5, 0.6) is 0 Å². The average molecular weight is 227 g/mol. The number of hydrogen-bond acceptors (Lipinski definition) is 3. The summed E-state index contributed by atoms with van der Waals surface area (Å²) < 4.78 is 32.3. The van der Waals surface area contributed by atoms with E-state index in [-0.39, 0.29) is 11.5 Å². The zero-order valence-electron chi connectivity index (χ0n) is 8.50. The summed E-state index contributed by atoms with van der Waals surface area (Å²) in [5.74, 6) is -1.63. The SMILES string of the molecule is Fc1cccc([C@@]23COC[C@@H]2CON3)c1F. The van der Waals surface area contributed by atoms with Crippen molar-refractivity contribution in [2.75, 3.05) is 19.8 Å². The first kappa shape index (κ1) is 10.1. The summed E-state index contributed by atoms with van der Waals surface area (Å²) >= 11 is 0. The number of benzene rings is 1. The molecule has 0 unspecified atom stereocenters. The van der Waals surface area contributed by atoms with E-state index in [1.807, 2.05) is 0 Å². The second kappa shape index (κ2) is 3.48. The van der Waals surface area contributed by atoms with Gasteiger partial charge in [-0.15, -0.1) is 0 Å². The Morgan fingerprint density at radius 3 is 3.06 bits per heavy atom. The second-order valence-electron chi connectivity index (χ2n) is 4.20. The average Bonchev–Trinajstić information content (AvgIpc) is 2.81. The third-order valence-electron chi connectivity index (χ3n) is 3.32. The number of halogens is 2. The van der Waals surface area contributed by atoms with E-state index in [1.165, 1.54) is 6.07 Å². The van der Waals surface area contributed by atoms with Gasteiger partial charge < -0.3 is 9.57 Å². The van der Waals surface area contributed by atoms with E-state index in [1.54, 1.807) is 6.07 Å². The Kier molecular flexibility index (Phi) is 2.20. The number of ether oxygens (including phenoxy) is 1.